The first kappa shape index (κ1) is 20.2. The van der Waals surface area contributed by atoms with Crippen LogP contribution >= 0.6 is 0 Å². The molecule has 0 bridgehead atoms. The Morgan fingerprint density at radius 3 is 2.45 bits per heavy atom. The molecule has 0 aliphatic carbocycles. The molecule has 0 aliphatic heterocycles. The lowest BCUT2D eigenvalue weighted by Gasteiger charge is -2.09. The molecule has 4 N–H and O–H groups in total. The number of nitrogen functional groups attached to an aromatic ring is 1. The largest absolute Gasteiger partial charge is 0.436 e. The van der Waals surface area contributed by atoms with Crippen LogP contribution in [0.15, 0.2) is 59.3 Å². The fraction of sp³-hybridized carbons (Fsp3) is 0.0952. The number of amides is 1. The second-order valence-electron chi connectivity index (χ2n) is 6.59. The van der Waals surface area contributed by atoms with E-state index in [4.69, 9.17) is 10.2 Å². The first-order valence-corrected chi connectivity index (χ1v) is 9.07. The number of rotatable bonds is 4. The number of carbonyl (C=O) groups excluding carboxylic acids is 1. The zero-order chi connectivity index (χ0) is 22.2. The number of anilines is 3. The number of alkyl halides is 3. The van der Waals surface area contributed by atoms with Gasteiger partial charge in [-0.2, -0.15) is 13.2 Å². The second-order valence-corrected chi connectivity index (χ2v) is 6.59. The Morgan fingerprint density at radius 1 is 1.06 bits per heavy atom. The minimum Gasteiger partial charge on any atom is -0.436 e. The van der Waals surface area contributed by atoms with Crippen LogP contribution in [0.4, 0.5) is 30.4 Å². The molecule has 0 unspecified atom stereocenters. The van der Waals surface area contributed by atoms with Gasteiger partial charge in [0.05, 0.1) is 10.9 Å². The Hall–Kier alpha value is -4.08. The summed E-state index contributed by atoms with van der Waals surface area (Å²) in [6.07, 6.45) is -1.39. The summed E-state index contributed by atoms with van der Waals surface area (Å²) in [7, 11) is 1.50. The van der Waals surface area contributed by atoms with Crippen LogP contribution in [0.5, 0.6) is 0 Å². The van der Waals surface area contributed by atoms with Gasteiger partial charge in [0.2, 0.25) is 5.88 Å². The van der Waals surface area contributed by atoms with E-state index in [9.17, 15) is 18.0 Å². The van der Waals surface area contributed by atoms with Gasteiger partial charge in [-0.05, 0) is 42.5 Å². The monoisotopic (exact) mass is 427 g/mol. The Balaban J connectivity index is 1.74. The molecule has 7 nitrogen and oxygen atoms in total. The molecule has 10 heteroatoms. The van der Waals surface area contributed by atoms with Gasteiger partial charge >= 0.3 is 6.18 Å². The molecule has 0 atom stereocenters. The zero-order valence-corrected chi connectivity index (χ0v) is 16.1. The summed E-state index contributed by atoms with van der Waals surface area (Å²) in [6, 6.07) is 9.49. The third kappa shape index (κ3) is 3.87. The number of nitrogens with zero attached hydrogens (tertiary/aromatic N) is 2. The molecular weight excluding hydrogens is 411 g/mol. The van der Waals surface area contributed by atoms with E-state index in [-0.39, 0.29) is 17.5 Å². The van der Waals surface area contributed by atoms with Crippen LogP contribution in [-0.4, -0.2) is 22.9 Å². The Bertz CT molecular complexity index is 1270. The van der Waals surface area contributed by atoms with E-state index in [0.717, 1.165) is 12.1 Å². The highest BCUT2D eigenvalue weighted by molar-refractivity contribution is 6.04. The van der Waals surface area contributed by atoms with Crippen molar-refractivity contribution < 1.29 is 22.4 Å². The Labute approximate surface area is 174 Å². The van der Waals surface area contributed by atoms with Gasteiger partial charge in [0, 0.05) is 30.7 Å². The van der Waals surface area contributed by atoms with Gasteiger partial charge in [0.1, 0.15) is 17.1 Å². The van der Waals surface area contributed by atoms with E-state index in [0.29, 0.717) is 33.6 Å². The Morgan fingerprint density at radius 2 is 1.77 bits per heavy atom. The van der Waals surface area contributed by atoms with Crippen molar-refractivity contribution in [3.8, 4) is 11.3 Å². The van der Waals surface area contributed by atoms with Gasteiger partial charge in [-0.3, -0.25) is 14.8 Å². The van der Waals surface area contributed by atoms with Crippen molar-refractivity contribution >= 4 is 34.1 Å². The summed E-state index contributed by atoms with van der Waals surface area (Å²) in [4.78, 5) is 20.3. The molecule has 4 aromatic rings. The van der Waals surface area contributed by atoms with Crippen molar-refractivity contribution in [2.75, 3.05) is 18.1 Å². The number of furan rings is 1. The third-order valence-corrected chi connectivity index (χ3v) is 4.61. The number of halogens is 3. The van der Waals surface area contributed by atoms with Crippen molar-refractivity contribution in [1.82, 2.24) is 15.3 Å². The second kappa shape index (κ2) is 7.63. The topological polar surface area (TPSA) is 106 Å². The van der Waals surface area contributed by atoms with E-state index in [1.54, 1.807) is 24.4 Å². The number of hydrogen-bond donors (Lipinski definition) is 3. The first-order chi connectivity index (χ1) is 14.8. The maximum absolute atomic E-state index is 12.8. The van der Waals surface area contributed by atoms with Gasteiger partial charge in [0.25, 0.3) is 5.91 Å². The maximum Gasteiger partial charge on any atom is 0.416 e. The van der Waals surface area contributed by atoms with Crippen LogP contribution in [0, 0.1) is 0 Å². The molecule has 0 aliphatic rings. The predicted octanol–water partition coefficient (Wildman–Crippen LogP) is 4.59. The van der Waals surface area contributed by atoms with Crippen LogP contribution in [0.1, 0.15) is 16.1 Å². The lowest BCUT2D eigenvalue weighted by atomic mass is 10.1. The molecule has 0 saturated heterocycles. The van der Waals surface area contributed by atoms with E-state index in [1.807, 2.05) is 0 Å². The number of nitrogens with one attached hydrogen (secondary N) is 2. The van der Waals surface area contributed by atoms with Gasteiger partial charge in [0.15, 0.2) is 5.58 Å². The normalized spacial score (nSPS) is 11.5. The number of pyridine rings is 2. The van der Waals surface area contributed by atoms with E-state index in [1.165, 1.54) is 25.4 Å². The van der Waals surface area contributed by atoms with Crippen LogP contribution < -0.4 is 16.4 Å². The summed E-state index contributed by atoms with van der Waals surface area (Å²) >= 11 is 0. The van der Waals surface area contributed by atoms with Crippen molar-refractivity contribution in [2.24, 2.45) is 0 Å². The van der Waals surface area contributed by atoms with Gasteiger partial charge in [-0.25, -0.2) is 0 Å². The van der Waals surface area contributed by atoms with Crippen LogP contribution in [-0.2, 0) is 6.18 Å². The van der Waals surface area contributed by atoms with E-state index < -0.39 is 11.7 Å². The average Bonchev–Trinajstić information content (AvgIpc) is 3.08. The highest BCUT2D eigenvalue weighted by atomic mass is 19.4. The van der Waals surface area contributed by atoms with Gasteiger partial charge < -0.3 is 20.8 Å². The predicted molar refractivity (Wildman–Crippen MR) is 110 cm³/mol. The van der Waals surface area contributed by atoms with Crippen molar-refractivity contribution in [2.45, 2.75) is 6.18 Å². The lowest BCUT2D eigenvalue weighted by Crippen LogP contribution is -2.19. The Kier molecular flexibility index (Phi) is 4.97. The molecule has 4 rings (SSSR count). The number of hydrogen-bond acceptors (Lipinski definition) is 6. The van der Waals surface area contributed by atoms with E-state index >= 15 is 0 Å². The molecule has 0 saturated carbocycles. The number of fused-ring (bicyclic) bond motifs is 1. The molecular formula is C21H16F3N5O2. The molecule has 0 radical (unpaired) electrons. The summed E-state index contributed by atoms with van der Waals surface area (Å²) in [6.45, 7) is 0. The standard InChI is InChI=1S/C21H16F3N5O2/c1-26-20(30)15-10-11(6-8-27-15)16-18-14(7-9-28-16)17(19(25)31-18)29-13-4-2-12(3-5-13)21(22,23)24/h2-10,29H,25H2,1H3,(H,26,30). The minimum absolute atomic E-state index is 0.0460. The summed E-state index contributed by atoms with van der Waals surface area (Å²) in [5.41, 5.74) is 7.70. The average molecular weight is 427 g/mol. The molecule has 3 aromatic heterocycles. The molecule has 0 fully saturated rings. The highest BCUT2D eigenvalue weighted by Crippen LogP contribution is 2.39. The molecule has 3 heterocycles. The summed E-state index contributed by atoms with van der Waals surface area (Å²) < 4.78 is 44.1. The quantitative estimate of drug-likeness (QED) is 0.440. The molecule has 1 aromatic carbocycles. The summed E-state index contributed by atoms with van der Waals surface area (Å²) in [5.74, 6) is -0.303. The maximum atomic E-state index is 12.8. The van der Waals surface area contributed by atoms with Crippen LogP contribution in [0.25, 0.3) is 22.2 Å². The number of benzene rings is 1. The van der Waals surface area contributed by atoms with Crippen LogP contribution in [0.3, 0.4) is 0 Å². The number of aromatic nitrogens is 2. The van der Waals surface area contributed by atoms with Crippen LogP contribution in [0.2, 0.25) is 0 Å². The van der Waals surface area contributed by atoms with Crippen molar-refractivity contribution in [3.05, 3.63) is 66.1 Å². The number of nitrogens with two attached hydrogens (primary N) is 1. The van der Waals surface area contributed by atoms with E-state index in [2.05, 4.69) is 20.6 Å². The molecule has 158 valence electrons. The summed E-state index contributed by atoms with van der Waals surface area (Å²) in [5, 5.41) is 6.09. The fourth-order valence-corrected chi connectivity index (χ4v) is 3.09. The SMILES string of the molecule is CNC(=O)c1cc(-c2nccc3c(Nc4ccc(C(F)(F)F)cc4)c(N)oc23)ccn1. The van der Waals surface area contributed by atoms with Crippen molar-refractivity contribution in [3.63, 3.8) is 0 Å². The molecule has 31 heavy (non-hydrogen) atoms. The molecule has 0 spiro atoms. The van der Waals surface area contributed by atoms with Gasteiger partial charge in [-0.1, -0.05) is 0 Å². The first-order valence-electron chi connectivity index (χ1n) is 9.07. The molecule has 1 amide bonds. The minimum atomic E-state index is -4.42. The third-order valence-electron chi connectivity index (χ3n) is 4.61. The van der Waals surface area contributed by atoms with Gasteiger partial charge in [-0.15, -0.1) is 0 Å². The highest BCUT2D eigenvalue weighted by Gasteiger charge is 2.30. The fourth-order valence-electron chi connectivity index (χ4n) is 3.09. The smallest absolute Gasteiger partial charge is 0.416 e. The zero-order valence-electron chi connectivity index (χ0n) is 16.1. The lowest BCUT2D eigenvalue weighted by molar-refractivity contribution is -0.137. The van der Waals surface area contributed by atoms with Crippen molar-refractivity contribution in [1.29, 1.82) is 0 Å². The number of carbonyl (C=O) groups is 1.